The average molecular weight is 416 g/mol. The number of rotatable bonds is 4. The maximum Gasteiger partial charge on any atom is 0.340 e. The monoisotopic (exact) mass is 416 g/mol. The number of esters is 1. The van der Waals surface area contributed by atoms with Crippen LogP contribution in [0.25, 0.3) is 0 Å². The Labute approximate surface area is 172 Å². The van der Waals surface area contributed by atoms with E-state index in [0.29, 0.717) is 24.5 Å². The van der Waals surface area contributed by atoms with Crippen LogP contribution in [0.5, 0.6) is 11.5 Å². The number of aliphatic hydroxyl groups excluding tert-OH is 1. The van der Waals surface area contributed by atoms with Gasteiger partial charge in [0, 0.05) is 5.56 Å². The molecule has 6 atom stereocenters. The van der Waals surface area contributed by atoms with E-state index in [4.69, 9.17) is 14.6 Å². The van der Waals surface area contributed by atoms with E-state index < -0.39 is 41.6 Å². The summed E-state index contributed by atoms with van der Waals surface area (Å²) >= 11 is 0. The minimum absolute atomic E-state index is 0.00792. The first-order chi connectivity index (χ1) is 14.2. The number of hydrogen-bond donors (Lipinski definition) is 4. The average Bonchev–Trinajstić information content (AvgIpc) is 3.04. The molecule has 1 aliphatic heterocycles. The van der Waals surface area contributed by atoms with Crippen LogP contribution in [-0.4, -0.2) is 50.2 Å². The summed E-state index contributed by atoms with van der Waals surface area (Å²) in [6.07, 6.45) is 0.568. The highest BCUT2D eigenvalue weighted by Gasteiger charge is 2.72. The SMILES string of the molecule is CC1CC[C@]23c4c5ccc(O)c4O[C@H]2C(OC(=O)[C@@H](O)CC(=O)O)=CC[C@@]3(O)[C@H]1C5. The van der Waals surface area contributed by atoms with Crippen molar-refractivity contribution >= 4 is 11.9 Å². The van der Waals surface area contributed by atoms with Gasteiger partial charge >= 0.3 is 11.9 Å². The van der Waals surface area contributed by atoms with Crippen LogP contribution in [0.4, 0.5) is 0 Å². The molecule has 8 heteroatoms. The first-order valence-corrected chi connectivity index (χ1v) is 10.2. The number of hydrogen-bond acceptors (Lipinski definition) is 7. The number of carbonyl (C=O) groups excluding carboxylic acids is 1. The zero-order chi connectivity index (χ0) is 21.4. The molecule has 4 aliphatic rings. The Hall–Kier alpha value is -2.58. The number of benzene rings is 1. The summed E-state index contributed by atoms with van der Waals surface area (Å²) in [5.41, 5.74) is -0.179. The molecular weight excluding hydrogens is 392 g/mol. The van der Waals surface area contributed by atoms with Crippen molar-refractivity contribution in [1.82, 2.24) is 0 Å². The van der Waals surface area contributed by atoms with Gasteiger partial charge in [-0.15, -0.1) is 0 Å². The van der Waals surface area contributed by atoms with Crippen LogP contribution in [0, 0.1) is 11.8 Å². The Morgan fingerprint density at radius 2 is 2.13 bits per heavy atom. The molecule has 160 valence electrons. The highest BCUT2D eigenvalue weighted by molar-refractivity contribution is 5.81. The number of phenolic OH excluding ortho intramolecular Hbond substituents is 1. The summed E-state index contributed by atoms with van der Waals surface area (Å²) in [7, 11) is 0. The molecule has 1 unspecified atom stereocenters. The molecule has 1 spiro atoms. The summed E-state index contributed by atoms with van der Waals surface area (Å²) in [6, 6.07) is 3.45. The van der Waals surface area contributed by atoms with Crippen LogP contribution in [-0.2, 0) is 26.2 Å². The third kappa shape index (κ3) is 2.29. The molecule has 0 aromatic heterocycles. The minimum atomic E-state index is -1.81. The number of aliphatic carboxylic acids is 1. The van der Waals surface area contributed by atoms with E-state index in [1.807, 2.05) is 6.07 Å². The molecule has 0 saturated heterocycles. The van der Waals surface area contributed by atoms with Gasteiger partial charge in [0.1, 0.15) is 5.76 Å². The Balaban J connectivity index is 1.60. The number of carboxylic acids is 1. The molecule has 5 rings (SSSR count). The molecular formula is C22H24O8. The van der Waals surface area contributed by atoms with E-state index in [1.54, 1.807) is 12.1 Å². The Morgan fingerprint density at radius 1 is 1.37 bits per heavy atom. The largest absolute Gasteiger partial charge is 0.504 e. The fourth-order valence-corrected chi connectivity index (χ4v) is 6.25. The van der Waals surface area contributed by atoms with Gasteiger partial charge in [0.25, 0.3) is 0 Å². The second-order valence-corrected chi connectivity index (χ2v) is 9.01. The van der Waals surface area contributed by atoms with Crippen LogP contribution in [0.15, 0.2) is 24.0 Å². The Kier molecular flexibility index (Phi) is 4.02. The van der Waals surface area contributed by atoms with E-state index in [9.17, 15) is 24.9 Å². The summed E-state index contributed by atoms with van der Waals surface area (Å²) in [5, 5.41) is 41.1. The lowest BCUT2D eigenvalue weighted by Gasteiger charge is -2.61. The van der Waals surface area contributed by atoms with Gasteiger partial charge in [0.15, 0.2) is 23.7 Å². The normalized spacial score (nSPS) is 36.2. The third-order valence-electron chi connectivity index (χ3n) is 7.59. The number of aromatic hydroxyl groups is 1. The summed E-state index contributed by atoms with van der Waals surface area (Å²) < 4.78 is 11.5. The molecule has 3 aliphatic carbocycles. The fourth-order valence-electron chi connectivity index (χ4n) is 6.25. The first kappa shape index (κ1) is 19.4. The predicted molar refractivity (Wildman–Crippen MR) is 102 cm³/mol. The lowest BCUT2D eigenvalue weighted by Crippen LogP contribution is -2.69. The van der Waals surface area contributed by atoms with E-state index in [-0.39, 0.29) is 23.8 Å². The van der Waals surface area contributed by atoms with Crippen molar-refractivity contribution in [3.63, 3.8) is 0 Å². The van der Waals surface area contributed by atoms with Crippen molar-refractivity contribution in [2.75, 3.05) is 0 Å². The lowest BCUT2D eigenvalue weighted by molar-refractivity contribution is -0.174. The third-order valence-corrected chi connectivity index (χ3v) is 7.59. The number of carbonyl (C=O) groups is 2. The highest BCUT2D eigenvalue weighted by atomic mass is 16.6. The fraction of sp³-hybridized carbons (Fsp3) is 0.545. The van der Waals surface area contributed by atoms with Crippen molar-refractivity contribution < 1.29 is 39.5 Å². The molecule has 0 radical (unpaired) electrons. The molecule has 1 heterocycles. The Morgan fingerprint density at radius 3 is 2.87 bits per heavy atom. The number of ether oxygens (including phenoxy) is 2. The molecule has 8 nitrogen and oxygen atoms in total. The number of carboxylic acid groups (broad SMARTS) is 1. The quantitative estimate of drug-likeness (QED) is 0.541. The van der Waals surface area contributed by atoms with Crippen LogP contribution in [0.1, 0.15) is 43.7 Å². The highest BCUT2D eigenvalue weighted by Crippen LogP contribution is 2.68. The topological polar surface area (TPSA) is 134 Å². The number of aliphatic hydroxyl groups is 2. The van der Waals surface area contributed by atoms with Crippen LogP contribution < -0.4 is 4.74 Å². The number of phenols is 1. The molecule has 0 amide bonds. The minimum Gasteiger partial charge on any atom is -0.504 e. The van der Waals surface area contributed by atoms with E-state index in [1.165, 1.54) is 0 Å². The standard InChI is InChI=1S/C22H24O8/c1-10-4-6-21-17-11-2-3-13(23)18(17)30-19(21)15(5-7-22(21,28)12(10)8-11)29-20(27)14(24)9-16(25)26/h2-3,5,10,12,14,19,23-24,28H,4,6-9H2,1H3,(H,25,26)/t10?,12-,14-,19-,21-,22+/m0/s1. The smallest absolute Gasteiger partial charge is 0.340 e. The molecule has 1 aromatic rings. The van der Waals surface area contributed by atoms with Gasteiger partial charge in [-0.25, -0.2) is 4.79 Å². The van der Waals surface area contributed by atoms with E-state index in [0.717, 1.165) is 17.5 Å². The molecule has 2 bridgehead atoms. The maximum atomic E-state index is 12.3. The van der Waals surface area contributed by atoms with Crippen LogP contribution in [0.3, 0.4) is 0 Å². The molecule has 1 saturated carbocycles. The summed E-state index contributed by atoms with van der Waals surface area (Å²) in [5.74, 6) is -1.70. The van der Waals surface area contributed by atoms with Crippen molar-refractivity contribution in [3.05, 3.63) is 35.1 Å². The molecule has 1 fully saturated rings. The van der Waals surface area contributed by atoms with Crippen LogP contribution >= 0.6 is 0 Å². The summed E-state index contributed by atoms with van der Waals surface area (Å²) in [6.45, 7) is 2.13. The van der Waals surface area contributed by atoms with Gasteiger partial charge < -0.3 is 29.9 Å². The van der Waals surface area contributed by atoms with Crippen molar-refractivity contribution in [3.8, 4) is 11.5 Å². The zero-order valence-electron chi connectivity index (χ0n) is 16.5. The molecule has 30 heavy (non-hydrogen) atoms. The van der Waals surface area contributed by atoms with E-state index >= 15 is 0 Å². The maximum absolute atomic E-state index is 12.3. The lowest BCUT2D eigenvalue weighted by atomic mass is 9.45. The van der Waals surface area contributed by atoms with Crippen LogP contribution in [0.2, 0.25) is 0 Å². The first-order valence-electron chi connectivity index (χ1n) is 10.2. The van der Waals surface area contributed by atoms with Gasteiger partial charge in [-0.3, -0.25) is 4.79 Å². The second kappa shape index (κ2) is 6.21. The second-order valence-electron chi connectivity index (χ2n) is 9.01. The predicted octanol–water partition coefficient (Wildman–Crippen LogP) is 1.39. The molecule has 4 N–H and O–H groups in total. The molecule has 1 aromatic carbocycles. The van der Waals surface area contributed by atoms with Gasteiger partial charge in [-0.2, -0.15) is 0 Å². The van der Waals surface area contributed by atoms with Gasteiger partial charge in [-0.05, 0) is 55.2 Å². The van der Waals surface area contributed by atoms with E-state index in [2.05, 4.69) is 6.92 Å². The van der Waals surface area contributed by atoms with Crippen molar-refractivity contribution in [2.24, 2.45) is 11.8 Å². The van der Waals surface area contributed by atoms with Crippen molar-refractivity contribution in [2.45, 2.75) is 62.3 Å². The Bertz CT molecular complexity index is 984. The van der Waals surface area contributed by atoms with Crippen molar-refractivity contribution in [1.29, 1.82) is 0 Å². The van der Waals surface area contributed by atoms with Gasteiger partial charge in [0.2, 0.25) is 0 Å². The zero-order valence-corrected chi connectivity index (χ0v) is 16.5. The summed E-state index contributed by atoms with van der Waals surface area (Å²) in [4.78, 5) is 23.1. The van der Waals surface area contributed by atoms with Gasteiger partial charge in [-0.1, -0.05) is 13.0 Å². The van der Waals surface area contributed by atoms with Gasteiger partial charge in [0.05, 0.1) is 17.4 Å².